The third-order valence-corrected chi connectivity index (χ3v) is 13.6. The Hall–Kier alpha value is -0.0100. The Kier molecular flexibility index (Phi) is 9.05. The molecule has 1 aromatic rings. The maximum atomic E-state index is 4.03. The SMILES string of the molecule is C=CCP1CCCP(c2ccccc2)CC(C)P(CC=C)CC1. The minimum Gasteiger partial charge on any atom is -0.103 e. The Morgan fingerprint density at radius 1 is 1.00 bits per heavy atom. The van der Waals surface area contributed by atoms with Gasteiger partial charge in [-0.2, -0.15) is 0 Å². The van der Waals surface area contributed by atoms with E-state index in [0.717, 1.165) is 5.66 Å². The number of hydrogen-bond donors (Lipinski definition) is 0. The van der Waals surface area contributed by atoms with Gasteiger partial charge in [-0.05, 0) is 60.5 Å². The normalized spacial score (nSPS) is 29.6. The van der Waals surface area contributed by atoms with Crippen LogP contribution in [0, 0.1) is 0 Å². The first-order chi connectivity index (χ1) is 11.2. The van der Waals surface area contributed by atoms with Crippen molar-refractivity contribution in [3.63, 3.8) is 0 Å². The summed E-state index contributed by atoms with van der Waals surface area (Å²) in [7, 11) is 0.328. The molecule has 0 aliphatic carbocycles. The monoisotopic (exact) mass is 364 g/mol. The van der Waals surface area contributed by atoms with Crippen LogP contribution in [0.2, 0.25) is 0 Å². The van der Waals surface area contributed by atoms with Crippen LogP contribution in [0.5, 0.6) is 0 Å². The summed E-state index contributed by atoms with van der Waals surface area (Å²) in [5.41, 5.74) is 0.882. The molecule has 1 aliphatic heterocycles. The Labute approximate surface area is 147 Å². The lowest BCUT2D eigenvalue weighted by Gasteiger charge is -2.31. The lowest BCUT2D eigenvalue weighted by atomic mass is 10.4. The molecule has 1 fully saturated rings. The molecule has 0 amide bonds. The molecule has 23 heavy (non-hydrogen) atoms. The fraction of sp³-hybridized carbons (Fsp3) is 0.500. The molecule has 3 heteroatoms. The van der Waals surface area contributed by atoms with Gasteiger partial charge in [0.05, 0.1) is 0 Å². The zero-order chi connectivity index (χ0) is 16.5. The van der Waals surface area contributed by atoms with Crippen LogP contribution in [0.1, 0.15) is 13.3 Å². The number of rotatable bonds is 5. The first-order valence-electron chi connectivity index (χ1n) is 8.72. The fourth-order valence-corrected chi connectivity index (χ4v) is 12.5. The second kappa shape index (κ2) is 10.8. The smallest absolute Gasteiger partial charge is 0.0145 e. The highest BCUT2D eigenvalue weighted by atomic mass is 31.1. The molecule has 0 bridgehead atoms. The standard InChI is InChI=1S/C20H31P3/c1-4-12-21-14-9-15-23(20-10-7-6-8-11-20)18-19(3)22(13-5-2)17-16-21/h4-8,10-11,19H,1-2,9,12-18H2,3H3. The van der Waals surface area contributed by atoms with Crippen LogP contribution < -0.4 is 5.30 Å². The molecule has 0 aromatic heterocycles. The molecule has 126 valence electrons. The predicted octanol–water partition coefficient (Wildman–Crippen LogP) is 5.92. The van der Waals surface area contributed by atoms with E-state index < -0.39 is 0 Å². The average molecular weight is 364 g/mol. The van der Waals surface area contributed by atoms with Crippen LogP contribution in [0.4, 0.5) is 0 Å². The van der Waals surface area contributed by atoms with Gasteiger partial charge in [-0.15, -0.1) is 21.1 Å². The average Bonchev–Trinajstić information content (AvgIpc) is 2.57. The lowest BCUT2D eigenvalue weighted by Crippen LogP contribution is -2.18. The van der Waals surface area contributed by atoms with E-state index in [4.69, 9.17) is 0 Å². The fourth-order valence-electron chi connectivity index (χ4n) is 3.29. The summed E-state index contributed by atoms with van der Waals surface area (Å²) in [5, 5.41) is 1.62. The van der Waals surface area contributed by atoms with E-state index in [9.17, 15) is 0 Å². The van der Waals surface area contributed by atoms with Gasteiger partial charge in [0.2, 0.25) is 0 Å². The van der Waals surface area contributed by atoms with Crippen molar-refractivity contribution in [2.45, 2.75) is 19.0 Å². The first kappa shape index (κ1) is 19.3. The first-order valence-corrected chi connectivity index (χ1v) is 14.1. The molecule has 0 saturated carbocycles. The highest BCUT2D eigenvalue weighted by molar-refractivity contribution is 7.68. The molecule has 0 N–H and O–H groups in total. The van der Waals surface area contributed by atoms with Crippen molar-refractivity contribution in [3.8, 4) is 0 Å². The molecule has 4 atom stereocenters. The van der Waals surface area contributed by atoms with Gasteiger partial charge in [0, 0.05) is 0 Å². The number of hydrogen-bond acceptors (Lipinski definition) is 0. The summed E-state index contributed by atoms with van der Waals surface area (Å²) in [6.45, 7) is 10.5. The lowest BCUT2D eigenvalue weighted by molar-refractivity contribution is 1.05. The van der Waals surface area contributed by atoms with Crippen molar-refractivity contribution in [2.24, 2.45) is 0 Å². The summed E-state index contributed by atoms with van der Waals surface area (Å²) in [6, 6.07) is 11.3. The van der Waals surface area contributed by atoms with Crippen molar-refractivity contribution >= 4 is 29.1 Å². The molecule has 1 saturated heterocycles. The van der Waals surface area contributed by atoms with Gasteiger partial charge >= 0.3 is 0 Å². The number of allylic oxidation sites excluding steroid dienone is 2. The molecular formula is C20H31P3. The zero-order valence-corrected chi connectivity index (χ0v) is 17.2. The van der Waals surface area contributed by atoms with Gasteiger partial charge in [-0.1, -0.05) is 65.3 Å². The molecule has 1 aliphatic rings. The van der Waals surface area contributed by atoms with Crippen LogP contribution in [0.3, 0.4) is 0 Å². The quantitative estimate of drug-likeness (QED) is 0.449. The van der Waals surface area contributed by atoms with Crippen LogP contribution in [-0.2, 0) is 0 Å². The van der Waals surface area contributed by atoms with Crippen molar-refractivity contribution in [1.82, 2.24) is 0 Å². The van der Waals surface area contributed by atoms with Crippen LogP contribution in [0.15, 0.2) is 55.6 Å². The Balaban J connectivity index is 2.13. The topological polar surface area (TPSA) is 0 Å². The van der Waals surface area contributed by atoms with Gasteiger partial charge in [0.15, 0.2) is 0 Å². The maximum absolute atomic E-state index is 4.03. The second-order valence-corrected chi connectivity index (χ2v) is 14.2. The van der Waals surface area contributed by atoms with E-state index in [1.54, 1.807) is 5.30 Å². The summed E-state index contributed by atoms with van der Waals surface area (Å²) in [4.78, 5) is 0. The third kappa shape index (κ3) is 6.42. The molecular weight excluding hydrogens is 333 g/mol. The van der Waals surface area contributed by atoms with Crippen LogP contribution in [0.25, 0.3) is 0 Å². The molecule has 1 aromatic carbocycles. The summed E-state index contributed by atoms with van der Waals surface area (Å²) in [5.74, 6) is 0. The van der Waals surface area contributed by atoms with Crippen LogP contribution in [-0.4, -0.2) is 48.8 Å². The third-order valence-electron chi connectivity index (χ3n) is 4.59. The van der Waals surface area contributed by atoms with Gasteiger partial charge in [0.1, 0.15) is 0 Å². The Morgan fingerprint density at radius 2 is 1.74 bits per heavy atom. The minimum absolute atomic E-state index is 0.0221. The molecule has 0 radical (unpaired) electrons. The van der Waals surface area contributed by atoms with Crippen molar-refractivity contribution in [1.29, 1.82) is 0 Å². The van der Waals surface area contributed by atoms with Gasteiger partial charge in [-0.3, -0.25) is 0 Å². The van der Waals surface area contributed by atoms with E-state index in [-0.39, 0.29) is 23.8 Å². The van der Waals surface area contributed by atoms with Gasteiger partial charge < -0.3 is 0 Å². The maximum Gasteiger partial charge on any atom is -0.0145 e. The zero-order valence-electron chi connectivity index (χ0n) is 14.5. The molecule has 4 unspecified atom stereocenters. The van der Waals surface area contributed by atoms with E-state index in [2.05, 4.69) is 62.6 Å². The van der Waals surface area contributed by atoms with Crippen molar-refractivity contribution in [3.05, 3.63) is 55.6 Å². The van der Waals surface area contributed by atoms with E-state index >= 15 is 0 Å². The van der Waals surface area contributed by atoms with Crippen molar-refractivity contribution in [2.75, 3.05) is 43.1 Å². The molecule has 2 rings (SSSR count). The number of benzene rings is 1. The highest BCUT2D eigenvalue weighted by Gasteiger charge is 2.23. The Morgan fingerprint density at radius 3 is 2.43 bits per heavy atom. The minimum atomic E-state index is 0.0221. The van der Waals surface area contributed by atoms with Gasteiger partial charge in [-0.25, -0.2) is 0 Å². The van der Waals surface area contributed by atoms with Crippen LogP contribution >= 0.6 is 23.8 Å². The summed E-state index contributed by atoms with van der Waals surface area (Å²) >= 11 is 0. The van der Waals surface area contributed by atoms with E-state index in [0.29, 0.717) is 0 Å². The largest absolute Gasteiger partial charge is 0.103 e. The predicted molar refractivity (Wildman–Crippen MR) is 115 cm³/mol. The highest BCUT2D eigenvalue weighted by Crippen LogP contribution is 2.52. The van der Waals surface area contributed by atoms with E-state index in [1.807, 2.05) is 0 Å². The van der Waals surface area contributed by atoms with Gasteiger partial charge in [0.25, 0.3) is 0 Å². The molecule has 0 nitrogen and oxygen atoms in total. The summed E-state index contributed by atoms with van der Waals surface area (Å²) in [6.07, 6.45) is 15.5. The Bertz CT molecular complexity index is 471. The summed E-state index contributed by atoms with van der Waals surface area (Å²) < 4.78 is 0. The second-order valence-electron chi connectivity index (χ2n) is 6.36. The molecule has 1 heterocycles. The van der Waals surface area contributed by atoms with E-state index in [1.165, 1.54) is 49.6 Å². The molecule has 0 spiro atoms. The van der Waals surface area contributed by atoms with Crippen molar-refractivity contribution < 1.29 is 0 Å².